The van der Waals surface area contributed by atoms with E-state index in [4.69, 9.17) is 4.74 Å². The number of alkyl halides is 1. The molecule has 0 aliphatic rings. The van der Waals surface area contributed by atoms with E-state index in [1.54, 1.807) is 20.8 Å². The van der Waals surface area contributed by atoms with Crippen molar-refractivity contribution in [2.24, 2.45) is 0 Å². The maximum atomic E-state index is 14.0. The Morgan fingerprint density at radius 3 is 2.22 bits per heavy atom. The lowest BCUT2D eigenvalue weighted by atomic mass is 10.0. The maximum Gasteiger partial charge on any atom is 0.337 e. The third-order valence-electron chi connectivity index (χ3n) is 2.13. The first-order valence-corrected chi connectivity index (χ1v) is 5.52. The number of hydrogen-bond acceptors (Lipinski definition) is 2. The second-order valence-electron chi connectivity index (χ2n) is 4.94. The van der Waals surface area contributed by atoms with Crippen molar-refractivity contribution in [3.8, 4) is 0 Å². The van der Waals surface area contributed by atoms with Gasteiger partial charge in [0.2, 0.25) is 0 Å². The van der Waals surface area contributed by atoms with Crippen molar-refractivity contribution in [1.82, 2.24) is 0 Å². The zero-order chi connectivity index (χ0) is 13.9. The third kappa shape index (κ3) is 3.95. The molecule has 0 aliphatic carbocycles. The Bertz CT molecular complexity index is 444. The van der Waals surface area contributed by atoms with Gasteiger partial charge in [-0.15, -0.1) is 0 Å². The predicted molar refractivity (Wildman–Crippen MR) is 65.2 cm³/mol. The molecule has 0 aliphatic heterocycles. The highest BCUT2D eigenvalue weighted by atomic mass is 19.1. The molecule has 1 rings (SSSR count). The fourth-order valence-corrected chi connectivity index (χ4v) is 1.28. The zero-order valence-electron chi connectivity index (χ0n) is 10.7. The molecule has 0 saturated heterocycles. The van der Waals surface area contributed by atoms with E-state index in [-0.39, 0.29) is 11.1 Å². The molecule has 18 heavy (non-hydrogen) atoms. The molecule has 0 N–H and O–H groups in total. The predicted octanol–water partition coefficient (Wildman–Crippen LogP) is 3.73. The van der Waals surface area contributed by atoms with Crippen LogP contribution >= 0.6 is 0 Å². The van der Waals surface area contributed by atoms with Gasteiger partial charge in [-0.1, -0.05) is 18.7 Å². The molecule has 98 valence electrons. The Balaban J connectivity index is 2.78. The Morgan fingerprint density at radius 2 is 1.78 bits per heavy atom. The lowest BCUT2D eigenvalue weighted by Crippen LogP contribution is -2.25. The van der Waals surface area contributed by atoms with Gasteiger partial charge in [0, 0.05) is 0 Å². The molecule has 1 unspecified atom stereocenters. The average Bonchev–Trinajstić information content (AvgIpc) is 2.26. The number of esters is 1. The van der Waals surface area contributed by atoms with Gasteiger partial charge in [-0.3, -0.25) is 0 Å². The van der Waals surface area contributed by atoms with Crippen LogP contribution in [-0.2, 0) is 9.53 Å². The number of hydrogen-bond donors (Lipinski definition) is 0. The molecule has 4 heteroatoms. The van der Waals surface area contributed by atoms with Crippen LogP contribution < -0.4 is 0 Å². The number of halogens is 2. The molecule has 0 spiro atoms. The molecule has 1 aromatic carbocycles. The van der Waals surface area contributed by atoms with Crippen molar-refractivity contribution in [3.63, 3.8) is 0 Å². The van der Waals surface area contributed by atoms with Crippen molar-refractivity contribution in [3.05, 3.63) is 47.8 Å². The molecular formula is C14H16F2O2. The Kier molecular flexibility index (Phi) is 4.22. The molecule has 0 aromatic heterocycles. The van der Waals surface area contributed by atoms with E-state index >= 15 is 0 Å². The minimum atomic E-state index is -1.69. The van der Waals surface area contributed by atoms with E-state index in [0.29, 0.717) is 0 Å². The molecule has 2 nitrogen and oxygen atoms in total. The van der Waals surface area contributed by atoms with Crippen molar-refractivity contribution < 1.29 is 18.3 Å². The molecule has 1 atom stereocenters. The van der Waals surface area contributed by atoms with Gasteiger partial charge < -0.3 is 4.74 Å². The first kappa shape index (κ1) is 14.4. The number of ether oxygens (including phenoxy) is 1. The summed E-state index contributed by atoms with van der Waals surface area (Å²) in [4.78, 5) is 11.6. The summed E-state index contributed by atoms with van der Waals surface area (Å²) >= 11 is 0. The van der Waals surface area contributed by atoms with E-state index in [1.807, 2.05) is 0 Å². The highest BCUT2D eigenvalue weighted by Gasteiger charge is 2.25. The van der Waals surface area contributed by atoms with Gasteiger partial charge >= 0.3 is 5.97 Å². The number of carbonyl (C=O) groups is 1. The van der Waals surface area contributed by atoms with Crippen LogP contribution in [0.2, 0.25) is 0 Å². The third-order valence-corrected chi connectivity index (χ3v) is 2.13. The number of carbonyl (C=O) groups excluding carboxylic acids is 1. The molecule has 1 aromatic rings. The van der Waals surface area contributed by atoms with Crippen LogP contribution in [0.15, 0.2) is 36.4 Å². The molecule has 0 radical (unpaired) electrons. The van der Waals surface area contributed by atoms with Gasteiger partial charge in [-0.25, -0.2) is 13.6 Å². The molecule has 0 amide bonds. The Hall–Kier alpha value is -1.71. The van der Waals surface area contributed by atoms with Gasteiger partial charge in [0.15, 0.2) is 6.17 Å². The van der Waals surface area contributed by atoms with E-state index in [1.165, 1.54) is 12.1 Å². The van der Waals surface area contributed by atoms with Crippen molar-refractivity contribution in [2.45, 2.75) is 32.5 Å². The van der Waals surface area contributed by atoms with Gasteiger partial charge in [-0.05, 0) is 38.5 Å². The zero-order valence-corrected chi connectivity index (χ0v) is 10.7. The summed E-state index contributed by atoms with van der Waals surface area (Å²) < 4.78 is 31.7. The van der Waals surface area contributed by atoms with Crippen LogP contribution in [0, 0.1) is 5.82 Å². The fourth-order valence-electron chi connectivity index (χ4n) is 1.28. The molecule has 0 fully saturated rings. The van der Waals surface area contributed by atoms with E-state index in [2.05, 4.69) is 6.58 Å². The summed E-state index contributed by atoms with van der Waals surface area (Å²) in [6.45, 7) is 8.45. The highest BCUT2D eigenvalue weighted by molar-refractivity contribution is 5.89. The molecule has 0 bridgehead atoms. The molecular weight excluding hydrogens is 238 g/mol. The average molecular weight is 254 g/mol. The van der Waals surface area contributed by atoms with Gasteiger partial charge in [-0.2, -0.15) is 0 Å². The van der Waals surface area contributed by atoms with Crippen molar-refractivity contribution in [2.75, 3.05) is 0 Å². The van der Waals surface area contributed by atoms with Gasteiger partial charge in [0.05, 0.1) is 5.57 Å². The Labute approximate surface area is 105 Å². The van der Waals surface area contributed by atoms with E-state index in [0.717, 1.165) is 12.1 Å². The summed E-state index contributed by atoms with van der Waals surface area (Å²) in [6.07, 6.45) is -1.69. The second-order valence-corrected chi connectivity index (χ2v) is 4.94. The van der Waals surface area contributed by atoms with Gasteiger partial charge in [0.25, 0.3) is 0 Å². The monoisotopic (exact) mass is 254 g/mol. The lowest BCUT2D eigenvalue weighted by Gasteiger charge is -2.21. The SMILES string of the molecule is C=C(C(=O)OC(C)(C)C)C(F)c1ccc(F)cc1. The lowest BCUT2D eigenvalue weighted by molar-refractivity contribution is -0.150. The maximum absolute atomic E-state index is 14.0. The topological polar surface area (TPSA) is 26.3 Å². The van der Waals surface area contributed by atoms with E-state index in [9.17, 15) is 13.6 Å². The van der Waals surface area contributed by atoms with Crippen molar-refractivity contribution in [1.29, 1.82) is 0 Å². The summed E-state index contributed by atoms with van der Waals surface area (Å²) in [7, 11) is 0. The van der Waals surface area contributed by atoms with Gasteiger partial charge in [0.1, 0.15) is 11.4 Å². The summed E-state index contributed by atoms with van der Waals surface area (Å²) in [5.74, 6) is -1.26. The van der Waals surface area contributed by atoms with Crippen LogP contribution in [0.5, 0.6) is 0 Å². The smallest absolute Gasteiger partial charge is 0.337 e. The minimum Gasteiger partial charge on any atom is -0.457 e. The number of rotatable bonds is 3. The second kappa shape index (κ2) is 5.29. The van der Waals surface area contributed by atoms with Crippen LogP contribution in [0.25, 0.3) is 0 Å². The fraction of sp³-hybridized carbons (Fsp3) is 0.357. The quantitative estimate of drug-likeness (QED) is 0.606. The summed E-state index contributed by atoms with van der Waals surface area (Å²) in [5, 5.41) is 0. The molecule has 0 saturated carbocycles. The first-order chi connectivity index (χ1) is 8.20. The summed E-state index contributed by atoms with van der Waals surface area (Å²) in [5.41, 5.74) is -0.827. The largest absolute Gasteiger partial charge is 0.457 e. The summed E-state index contributed by atoms with van der Waals surface area (Å²) in [6, 6.07) is 4.81. The van der Waals surface area contributed by atoms with Crippen molar-refractivity contribution >= 4 is 5.97 Å². The first-order valence-electron chi connectivity index (χ1n) is 5.52. The van der Waals surface area contributed by atoms with Crippen LogP contribution in [0.1, 0.15) is 32.5 Å². The van der Waals surface area contributed by atoms with Crippen LogP contribution in [0.3, 0.4) is 0 Å². The van der Waals surface area contributed by atoms with E-state index < -0.39 is 23.6 Å². The number of benzene rings is 1. The highest BCUT2D eigenvalue weighted by Crippen LogP contribution is 2.26. The van der Waals surface area contributed by atoms with Crippen LogP contribution in [0.4, 0.5) is 8.78 Å². The Morgan fingerprint density at radius 1 is 1.28 bits per heavy atom. The molecule has 0 heterocycles. The normalized spacial score (nSPS) is 12.9. The van der Waals surface area contributed by atoms with Crippen LogP contribution in [-0.4, -0.2) is 11.6 Å². The standard InChI is InChI=1S/C14H16F2O2/c1-9(13(17)18-14(2,3)4)12(16)10-5-7-11(15)8-6-10/h5-8,12H,1H2,2-4H3. The minimum absolute atomic E-state index is 0.173.